The summed E-state index contributed by atoms with van der Waals surface area (Å²) in [5.41, 5.74) is -0.855. The average Bonchev–Trinajstić information content (AvgIpc) is 2.08. The number of aliphatic hydroxyl groups is 1. The molecule has 2 bridgehead atoms. The molecule has 3 aliphatic rings. The van der Waals surface area contributed by atoms with Crippen molar-refractivity contribution >= 4 is 5.97 Å². The highest BCUT2D eigenvalue weighted by atomic mass is 16.4. The number of carbonyl (C=O) groups is 1. The van der Waals surface area contributed by atoms with Crippen LogP contribution in [0.5, 0.6) is 0 Å². The van der Waals surface area contributed by atoms with E-state index in [4.69, 9.17) is 0 Å². The Labute approximate surface area is 90.5 Å². The summed E-state index contributed by atoms with van der Waals surface area (Å²) in [7, 11) is 0. The molecular formula is C12H20O3. The lowest BCUT2D eigenvalue weighted by Gasteiger charge is -2.61. The number of carboxylic acids is 1. The van der Waals surface area contributed by atoms with Crippen molar-refractivity contribution in [1.82, 2.24) is 0 Å². The lowest BCUT2D eigenvalue weighted by Crippen LogP contribution is -2.61. The molecule has 3 saturated carbocycles. The van der Waals surface area contributed by atoms with Gasteiger partial charge in [-0.1, -0.05) is 20.8 Å². The highest BCUT2D eigenvalue weighted by Crippen LogP contribution is 2.65. The fourth-order valence-electron chi connectivity index (χ4n) is 3.63. The van der Waals surface area contributed by atoms with Crippen LogP contribution in [0.15, 0.2) is 0 Å². The molecule has 0 aromatic carbocycles. The minimum atomic E-state index is -0.726. The van der Waals surface area contributed by atoms with E-state index in [0.717, 1.165) is 12.8 Å². The van der Waals surface area contributed by atoms with Crippen LogP contribution in [0, 0.1) is 16.2 Å². The zero-order chi connectivity index (χ0) is 11.5. The third-order valence-electron chi connectivity index (χ3n) is 5.22. The van der Waals surface area contributed by atoms with Crippen LogP contribution in [0.2, 0.25) is 0 Å². The summed E-state index contributed by atoms with van der Waals surface area (Å²) >= 11 is 0. The fraction of sp³-hybridized carbons (Fsp3) is 0.917. The van der Waals surface area contributed by atoms with Crippen molar-refractivity contribution in [3.63, 3.8) is 0 Å². The Hall–Kier alpha value is -0.570. The first-order valence-electron chi connectivity index (χ1n) is 5.65. The van der Waals surface area contributed by atoms with E-state index in [9.17, 15) is 15.0 Å². The number of aliphatic carboxylic acids is 1. The van der Waals surface area contributed by atoms with Gasteiger partial charge in [0.25, 0.3) is 0 Å². The van der Waals surface area contributed by atoms with Crippen LogP contribution in [-0.2, 0) is 4.79 Å². The maximum Gasteiger partial charge on any atom is 0.309 e. The number of rotatable bonds is 1. The monoisotopic (exact) mass is 212 g/mol. The summed E-state index contributed by atoms with van der Waals surface area (Å²) in [4.78, 5) is 11.4. The molecule has 86 valence electrons. The number of hydrogen-bond donors (Lipinski definition) is 2. The maximum absolute atomic E-state index is 11.4. The van der Waals surface area contributed by atoms with Crippen molar-refractivity contribution in [2.24, 2.45) is 16.2 Å². The van der Waals surface area contributed by atoms with E-state index in [1.807, 2.05) is 0 Å². The fourth-order valence-corrected chi connectivity index (χ4v) is 3.63. The summed E-state index contributed by atoms with van der Waals surface area (Å²) in [6, 6.07) is 0. The molecule has 3 heteroatoms. The van der Waals surface area contributed by atoms with Gasteiger partial charge in [-0.25, -0.2) is 0 Å². The lowest BCUT2D eigenvalue weighted by atomic mass is 9.43. The first kappa shape index (κ1) is 10.9. The van der Waals surface area contributed by atoms with Crippen LogP contribution in [0.25, 0.3) is 0 Å². The van der Waals surface area contributed by atoms with Crippen molar-refractivity contribution in [3.05, 3.63) is 0 Å². The summed E-state index contributed by atoms with van der Waals surface area (Å²) < 4.78 is 0. The molecule has 3 atom stereocenters. The number of fused-ring (bicyclic) bond motifs is 3. The van der Waals surface area contributed by atoms with Crippen LogP contribution in [0.4, 0.5) is 0 Å². The molecule has 0 aliphatic heterocycles. The molecule has 0 saturated heterocycles. The molecular weight excluding hydrogens is 192 g/mol. The van der Waals surface area contributed by atoms with E-state index in [1.165, 1.54) is 0 Å². The van der Waals surface area contributed by atoms with E-state index < -0.39 is 17.5 Å². The van der Waals surface area contributed by atoms with Gasteiger partial charge in [-0.05, 0) is 36.5 Å². The molecule has 0 aromatic rings. The van der Waals surface area contributed by atoms with E-state index in [0.29, 0.717) is 12.8 Å². The standard InChI is InChI=1S/C12H20O3/c1-10(2)7-12(9(14)15)5-4-11(10,3)8(13)6-12/h8,13H,4-7H2,1-3H3,(H,14,15)/t8-,11+,12-/m0/s1. The average molecular weight is 212 g/mol. The summed E-state index contributed by atoms with van der Waals surface area (Å²) in [6.07, 6.45) is 2.21. The van der Waals surface area contributed by atoms with Gasteiger partial charge in [0.05, 0.1) is 11.5 Å². The SMILES string of the molecule is CC1(C)C[C@]2(C(=O)O)CC[C@]1(C)[C@@H](O)C2. The molecule has 3 rings (SSSR count). The second-order valence-electron chi connectivity index (χ2n) is 6.28. The Balaban J connectivity index is 2.42. The largest absolute Gasteiger partial charge is 0.481 e. The van der Waals surface area contributed by atoms with Gasteiger partial charge in [0.15, 0.2) is 0 Å². The van der Waals surface area contributed by atoms with Gasteiger partial charge in [-0.3, -0.25) is 4.79 Å². The molecule has 15 heavy (non-hydrogen) atoms. The van der Waals surface area contributed by atoms with Gasteiger partial charge in [0, 0.05) is 0 Å². The third-order valence-corrected chi connectivity index (χ3v) is 5.22. The molecule has 3 fully saturated rings. The van der Waals surface area contributed by atoms with Crippen LogP contribution >= 0.6 is 0 Å². The van der Waals surface area contributed by atoms with Crippen molar-refractivity contribution in [2.45, 2.75) is 52.6 Å². The maximum atomic E-state index is 11.4. The highest BCUT2D eigenvalue weighted by Gasteiger charge is 2.63. The first-order chi connectivity index (χ1) is 6.74. The molecule has 0 aromatic heterocycles. The van der Waals surface area contributed by atoms with E-state index in [1.54, 1.807) is 0 Å². The molecule has 0 spiro atoms. The zero-order valence-corrected chi connectivity index (χ0v) is 9.71. The second-order valence-corrected chi connectivity index (χ2v) is 6.28. The van der Waals surface area contributed by atoms with Crippen molar-refractivity contribution in [2.75, 3.05) is 0 Å². The quantitative estimate of drug-likeness (QED) is 0.699. The zero-order valence-electron chi connectivity index (χ0n) is 9.71. The third kappa shape index (κ3) is 1.19. The molecule has 2 N–H and O–H groups in total. The van der Waals surface area contributed by atoms with E-state index in [2.05, 4.69) is 20.8 Å². The molecule has 0 amide bonds. The smallest absolute Gasteiger partial charge is 0.309 e. The van der Waals surface area contributed by atoms with Gasteiger partial charge >= 0.3 is 5.97 Å². The van der Waals surface area contributed by atoms with Crippen molar-refractivity contribution in [1.29, 1.82) is 0 Å². The van der Waals surface area contributed by atoms with Gasteiger partial charge in [-0.15, -0.1) is 0 Å². The minimum Gasteiger partial charge on any atom is -0.481 e. The number of hydrogen-bond acceptors (Lipinski definition) is 2. The Morgan fingerprint density at radius 1 is 1.27 bits per heavy atom. The van der Waals surface area contributed by atoms with Crippen LogP contribution in [-0.4, -0.2) is 22.3 Å². The second kappa shape index (κ2) is 2.76. The summed E-state index contributed by atoms with van der Waals surface area (Å²) in [5, 5.41) is 19.5. The first-order valence-corrected chi connectivity index (χ1v) is 5.65. The van der Waals surface area contributed by atoms with E-state index in [-0.39, 0.29) is 10.8 Å². The topological polar surface area (TPSA) is 57.5 Å². The minimum absolute atomic E-state index is 0.0820. The van der Waals surface area contributed by atoms with Crippen LogP contribution < -0.4 is 0 Å². The number of aliphatic hydroxyl groups excluding tert-OH is 1. The predicted octanol–water partition coefficient (Wildman–Crippen LogP) is 2.04. The number of carboxylic acid groups (broad SMARTS) is 1. The Bertz CT molecular complexity index is 310. The Morgan fingerprint density at radius 3 is 2.27 bits per heavy atom. The Morgan fingerprint density at radius 2 is 1.87 bits per heavy atom. The molecule has 0 heterocycles. The molecule has 0 radical (unpaired) electrons. The van der Waals surface area contributed by atoms with E-state index >= 15 is 0 Å². The van der Waals surface area contributed by atoms with Crippen molar-refractivity contribution < 1.29 is 15.0 Å². The van der Waals surface area contributed by atoms with Crippen LogP contribution in [0.1, 0.15) is 46.5 Å². The van der Waals surface area contributed by atoms with Crippen molar-refractivity contribution in [3.8, 4) is 0 Å². The van der Waals surface area contributed by atoms with Gasteiger partial charge in [-0.2, -0.15) is 0 Å². The molecule has 0 unspecified atom stereocenters. The highest BCUT2D eigenvalue weighted by molar-refractivity contribution is 5.75. The molecule has 3 nitrogen and oxygen atoms in total. The van der Waals surface area contributed by atoms with Gasteiger partial charge < -0.3 is 10.2 Å². The summed E-state index contributed by atoms with van der Waals surface area (Å²) in [5.74, 6) is -0.726. The molecule has 3 aliphatic carbocycles. The van der Waals surface area contributed by atoms with Gasteiger partial charge in [0.1, 0.15) is 0 Å². The summed E-state index contributed by atoms with van der Waals surface area (Å²) in [6.45, 7) is 6.28. The predicted molar refractivity (Wildman–Crippen MR) is 56.4 cm³/mol. The Kier molecular flexibility index (Phi) is 2.01. The normalized spacial score (nSPS) is 47.9. The van der Waals surface area contributed by atoms with Crippen LogP contribution in [0.3, 0.4) is 0 Å². The lowest BCUT2D eigenvalue weighted by molar-refractivity contribution is -0.201. The van der Waals surface area contributed by atoms with Gasteiger partial charge in [0.2, 0.25) is 0 Å².